The fourth-order valence-electron chi connectivity index (χ4n) is 2.92. The summed E-state index contributed by atoms with van der Waals surface area (Å²) in [7, 11) is 1.67. The Morgan fingerprint density at radius 2 is 0.600 bits per heavy atom. The van der Waals surface area contributed by atoms with Crippen molar-refractivity contribution in [3.05, 3.63) is 0 Å². The first kappa shape index (κ1) is 46.6. The monoisotopic (exact) mass is 662 g/mol. The third-order valence-corrected chi connectivity index (χ3v) is 5.70. The molecule has 0 aromatic heterocycles. The summed E-state index contributed by atoms with van der Waals surface area (Å²) in [6.45, 7) is 19.0. The SMILES string of the molecule is COC(C)COC(C)COC(C)COC(C)COC(C)COC(C)CO.OCCOCCOCCOCCOCCOCCO. The molecule has 0 aromatic carbocycles. The van der Waals surface area contributed by atoms with Crippen molar-refractivity contribution in [2.75, 3.05) is 126 Å². The van der Waals surface area contributed by atoms with Crippen LogP contribution in [0.4, 0.5) is 0 Å². The number of hydrogen-bond donors (Lipinski definition) is 3. The molecule has 0 rings (SSSR count). The molecule has 0 radical (unpaired) electrons. The molecule has 6 unspecified atom stereocenters. The molecular weight excluding hydrogens is 596 g/mol. The molecule has 0 aromatic rings. The lowest BCUT2D eigenvalue weighted by atomic mass is 10.3. The second-order valence-electron chi connectivity index (χ2n) is 10.5. The van der Waals surface area contributed by atoms with Crippen LogP contribution in [0.3, 0.4) is 0 Å². The smallest absolute Gasteiger partial charge is 0.0781 e. The van der Waals surface area contributed by atoms with E-state index in [1.54, 1.807) is 7.11 Å². The van der Waals surface area contributed by atoms with Gasteiger partial charge in [0.25, 0.3) is 0 Å². The van der Waals surface area contributed by atoms with Gasteiger partial charge in [0.05, 0.1) is 156 Å². The van der Waals surface area contributed by atoms with Crippen molar-refractivity contribution in [3.63, 3.8) is 0 Å². The van der Waals surface area contributed by atoms with E-state index in [0.717, 1.165) is 0 Å². The molecule has 274 valence electrons. The van der Waals surface area contributed by atoms with Crippen LogP contribution in [0.25, 0.3) is 0 Å². The molecule has 0 amide bonds. The minimum atomic E-state index is -0.170. The topological polar surface area (TPSA) is 162 Å². The Hall–Kier alpha value is -0.560. The third kappa shape index (κ3) is 37.8. The van der Waals surface area contributed by atoms with Crippen LogP contribution < -0.4 is 0 Å². The predicted octanol–water partition coefficient (Wildman–Crippen LogP) is 1.09. The first-order valence-corrected chi connectivity index (χ1v) is 16.0. The normalized spacial score (nSPS) is 15.6. The predicted molar refractivity (Wildman–Crippen MR) is 169 cm³/mol. The third-order valence-electron chi connectivity index (χ3n) is 5.70. The summed E-state index contributed by atoms with van der Waals surface area (Å²) in [4.78, 5) is 0. The fourth-order valence-corrected chi connectivity index (χ4v) is 2.92. The summed E-state index contributed by atoms with van der Waals surface area (Å²) in [5.74, 6) is 0. The molecule has 0 saturated heterocycles. The van der Waals surface area contributed by atoms with Crippen molar-refractivity contribution < 1.29 is 67.4 Å². The zero-order chi connectivity index (χ0) is 34.0. The summed E-state index contributed by atoms with van der Waals surface area (Å²) >= 11 is 0. The van der Waals surface area contributed by atoms with Gasteiger partial charge in [-0.2, -0.15) is 0 Å². The Morgan fingerprint density at radius 3 is 0.844 bits per heavy atom. The van der Waals surface area contributed by atoms with Gasteiger partial charge < -0.3 is 67.4 Å². The van der Waals surface area contributed by atoms with Crippen LogP contribution in [0.5, 0.6) is 0 Å². The van der Waals surface area contributed by atoms with E-state index in [0.29, 0.717) is 99.1 Å². The Bertz CT molecular complexity index is 516. The number of hydrogen-bond acceptors (Lipinski definition) is 14. The van der Waals surface area contributed by atoms with Crippen molar-refractivity contribution in [1.82, 2.24) is 0 Å². The highest BCUT2D eigenvalue weighted by molar-refractivity contribution is 4.58. The van der Waals surface area contributed by atoms with Gasteiger partial charge in [-0.05, 0) is 41.5 Å². The van der Waals surface area contributed by atoms with E-state index in [1.807, 2.05) is 41.5 Å². The first-order chi connectivity index (χ1) is 21.7. The second kappa shape index (κ2) is 36.3. The maximum atomic E-state index is 8.92. The van der Waals surface area contributed by atoms with E-state index < -0.39 is 0 Å². The molecule has 14 heteroatoms. The van der Waals surface area contributed by atoms with Gasteiger partial charge in [0.15, 0.2) is 0 Å². The van der Waals surface area contributed by atoms with Gasteiger partial charge in [-0.1, -0.05) is 0 Å². The molecule has 0 aliphatic carbocycles. The van der Waals surface area contributed by atoms with Gasteiger partial charge in [-0.15, -0.1) is 0 Å². The number of ether oxygens (including phenoxy) is 11. The zero-order valence-electron chi connectivity index (χ0n) is 29.0. The Balaban J connectivity index is 0. The summed E-state index contributed by atoms with van der Waals surface area (Å²) < 4.78 is 59.2. The average Bonchev–Trinajstić information content (AvgIpc) is 3.05. The molecule has 0 fully saturated rings. The molecule has 0 saturated carbocycles. The number of aliphatic hydroxyl groups excluding tert-OH is 3. The lowest BCUT2D eigenvalue weighted by Crippen LogP contribution is -2.29. The van der Waals surface area contributed by atoms with Gasteiger partial charge in [-0.25, -0.2) is 0 Å². The summed E-state index contributed by atoms with van der Waals surface area (Å²) in [5, 5.41) is 25.8. The first-order valence-electron chi connectivity index (χ1n) is 16.0. The lowest BCUT2D eigenvalue weighted by Gasteiger charge is -2.22. The standard InChI is InChI=1S/C19H40O7.C12H26O7/c1-14(8-20)22-10-16(3)24-12-18(5)26-13-19(6)25-11-17(4)23-9-15(2)21-7;13-1-3-15-5-7-17-9-11-19-12-10-18-8-6-16-4-2-14/h14-20H,8-13H2,1-7H3;13-14H,1-12H2. The molecule has 3 N–H and O–H groups in total. The molecular formula is C31H66O14. The molecule has 0 bridgehead atoms. The van der Waals surface area contributed by atoms with E-state index >= 15 is 0 Å². The second-order valence-corrected chi connectivity index (χ2v) is 10.5. The summed E-state index contributed by atoms with van der Waals surface area (Å²) in [6, 6.07) is 0. The molecule has 45 heavy (non-hydrogen) atoms. The van der Waals surface area contributed by atoms with Gasteiger partial charge in [0, 0.05) is 7.11 Å². The van der Waals surface area contributed by atoms with Crippen LogP contribution in [0.1, 0.15) is 41.5 Å². The molecule has 0 aliphatic rings. The maximum absolute atomic E-state index is 8.92. The van der Waals surface area contributed by atoms with Crippen molar-refractivity contribution in [1.29, 1.82) is 0 Å². The highest BCUT2D eigenvalue weighted by atomic mass is 16.6. The van der Waals surface area contributed by atoms with Crippen molar-refractivity contribution in [3.8, 4) is 0 Å². The number of methoxy groups -OCH3 is 1. The van der Waals surface area contributed by atoms with Gasteiger partial charge in [0.2, 0.25) is 0 Å². The Labute approximate surface area is 271 Å². The van der Waals surface area contributed by atoms with Crippen LogP contribution in [-0.4, -0.2) is 178 Å². The van der Waals surface area contributed by atoms with Crippen LogP contribution in [-0.2, 0) is 52.1 Å². The van der Waals surface area contributed by atoms with Crippen LogP contribution in [0, 0.1) is 0 Å². The largest absolute Gasteiger partial charge is 0.394 e. The maximum Gasteiger partial charge on any atom is 0.0781 e. The van der Waals surface area contributed by atoms with Gasteiger partial charge >= 0.3 is 0 Å². The summed E-state index contributed by atoms with van der Waals surface area (Å²) in [6.07, 6.45) is -0.172. The van der Waals surface area contributed by atoms with Crippen molar-refractivity contribution in [2.45, 2.75) is 78.2 Å². The van der Waals surface area contributed by atoms with E-state index in [-0.39, 0.29) is 56.4 Å². The minimum Gasteiger partial charge on any atom is -0.394 e. The zero-order valence-corrected chi connectivity index (χ0v) is 29.0. The van der Waals surface area contributed by atoms with Crippen LogP contribution in [0.15, 0.2) is 0 Å². The molecule has 0 heterocycles. The minimum absolute atomic E-state index is 0.0120. The van der Waals surface area contributed by atoms with E-state index in [9.17, 15) is 0 Å². The van der Waals surface area contributed by atoms with Gasteiger partial charge in [-0.3, -0.25) is 0 Å². The molecule has 0 aliphatic heterocycles. The highest BCUT2D eigenvalue weighted by Crippen LogP contribution is 2.03. The average molecular weight is 663 g/mol. The Morgan fingerprint density at radius 1 is 0.356 bits per heavy atom. The molecule has 6 atom stereocenters. The van der Waals surface area contributed by atoms with Crippen molar-refractivity contribution in [2.24, 2.45) is 0 Å². The van der Waals surface area contributed by atoms with Crippen LogP contribution >= 0.6 is 0 Å². The summed E-state index contributed by atoms with van der Waals surface area (Å²) in [5.41, 5.74) is 0. The molecule has 0 spiro atoms. The van der Waals surface area contributed by atoms with E-state index in [1.165, 1.54) is 0 Å². The number of aliphatic hydroxyl groups is 3. The number of rotatable bonds is 33. The van der Waals surface area contributed by atoms with Gasteiger partial charge in [0.1, 0.15) is 0 Å². The van der Waals surface area contributed by atoms with E-state index in [4.69, 9.17) is 67.4 Å². The lowest BCUT2D eigenvalue weighted by molar-refractivity contribution is -0.101. The quantitative estimate of drug-likeness (QED) is 0.0857. The van der Waals surface area contributed by atoms with Crippen LogP contribution in [0.2, 0.25) is 0 Å². The highest BCUT2D eigenvalue weighted by Gasteiger charge is 2.13. The van der Waals surface area contributed by atoms with E-state index in [2.05, 4.69) is 0 Å². The Kier molecular flexibility index (Phi) is 37.5. The fraction of sp³-hybridized carbons (Fsp3) is 1.00. The molecule has 14 nitrogen and oxygen atoms in total. The van der Waals surface area contributed by atoms with Crippen molar-refractivity contribution >= 4 is 0 Å².